The maximum absolute atomic E-state index is 12.5. The molecule has 1 N–H and O–H groups in total. The number of nitrogens with zero attached hydrogens (tertiary/aromatic N) is 1. The molecular weight excluding hydrogens is 324 g/mol. The van der Waals surface area contributed by atoms with E-state index in [1.807, 2.05) is 30.0 Å². The van der Waals surface area contributed by atoms with E-state index in [4.69, 9.17) is 9.15 Å². The Morgan fingerprint density at radius 3 is 2.83 bits per heavy atom. The largest absolute Gasteiger partial charge is 0.496 e. The lowest BCUT2D eigenvalue weighted by Gasteiger charge is -2.34. The minimum absolute atomic E-state index is 0.118. The molecule has 1 atom stereocenters. The molecule has 1 aliphatic rings. The van der Waals surface area contributed by atoms with E-state index in [0.717, 1.165) is 30.2 Å². The SMILES string of the molecule is COc1ccccc1C(=O)NC[C@@H](c1ccoc1)N1CCSCC1. The van der Waals surface area contributed by atoms with E-state index in [2.05, 4.69) is 10.2 Å². The molecule has 1 saturated heterocycles. The molecule has 5 nitrogen and oxygen atoms in total. The highest BCUT2D eigenvalue weighted by molar-refractivity contribution is 7.99. The van der Waals surface area contributed by atoms with Gasteiger partial charge in [-0.15, -0.1) is 0 Å². The molecule has 0 radical (unpaired) electrons. The average Bonchev–Trinajstić information content (AvgIpc) is 3.17. The van der Waals surface area contributed by atoms with E-state index in [9.17, 15) is 4.79 Å². The minimum atomic E-state index is -0.118. The molecule has 0 saturated carbocycles. The van der Waals surface area contributed by atoms with E-state index in [1.54, 1.807) is 31.8 Å². The highest BCUT2D eigenvalue weighted by Crippen LogP contribution is 2.24. The molecule has 0 bridgehead atoms. The summed E-state index contributed by atoms with van der Waals surface area (Å²) in [6.45, 7) is 2.58. The number of hydrogen-bond acceptors (Lipinski definition) is 5. The van der Waals surface area contributed by atoms with Gasteiger partial charge in [-0.1, -0.05) is 12.1 Å². The Bertz CT molecular complexity index is 654. The van der Waals surface area contributed by atoms with Gasteiger partial charge in [-0.2, -0.15) is 11.8 Å². The van der Waals surface area contributed by atoms with Gasteiger partial charge in [-0.25, -0.2) is 0 Å². The molecule has 0 unspecified atom stereocenters. The van der Waals surface area contributed by atoms with Crippen LogP contribution in [0.15, 0.2) is 47.3 Å². The van der Waals surface area contributed by atoms with Crippen LogP contribution < -0.4 is 10.1 Å². The number of hydrogen-bond donors (Lipinski definition) is 1. The van der Waals surface area contributed by atoms with Crippen LogP contribution in [0.25, 0.3) is 0 Å². The Morgan fingerprint density at radius 2 is 2.12 bits per heavy atom. The number of nitrogens with one attached hydrogen (secondary N) is 1. The van der Waals surface area contributed by atoms with Crippen molar-refractivity contribution in [2.75, 3.05) is 38.2 Å². The molecular formula is C18H22N2O3S. The third-order valence-corrected chi connectivity index (χ3v) is 5.16. The predicted octanol–water partition coefficient (Wildman–Crippen LogP) is 2.81. The molecule has 1 fully saturated rings. The summed E-state index contributed by atoms with van der Waals surface area (Å²) in [5.41, 5.74) is 1.65. The van der Waals surface area contributed by atoms with Gasteiger partial charge < -0.3 is 14.5 Å². The van der Waals surface area contributed by atoms with E-state index >= 15 is 0 Å². The highest BCUT2D eigenvalue weighted by Gasteiger charge is 2.24. The molecule has 0 aliphatic carbocycles. The molecule has 24 heavy (non-hydrogen) atoms. The number of carbonyl (C=O) groups is 1. The maximum atomic E-state index is 12.5. The number of ether oxygens (including phenoxy) is 1. The zero-order valence-corrected chi connectivity index (χ0v) is 14.6. The predicted molar refractivity (Wildman–Crippen MR) is 95.7 cm³/mol. The first-order valence-electron chi connectivity index (χ1n) is 8.04. The molecule has 2 heterocycles. The van der Waals surface area contributed by atoms with Crippen molar-refractivity contribution >= 4 is 17.7 Å². The van der Waals surface area contributed by atoms with Gasteiger partial charge >= 0.3 is 0 Å². The number of para-hydroxylation sites is 1. The van der Waals surface area contributed by atoms with Crippen LogP contribution in [-0.2, 0) is 0 Å². The molecule has 128 valence electrons. The second kappa shape index (κ2) is 8.26. The molecule has 1 aromatic carbocycles. The van der Waals surface area contributed by atoms with Gasteiger partial charge in [0.2, 0.25) is 0 Å². The van der Waals surface area contributed by atoms with Gasteiger partial charge in [0.25, 0.3) is 5.91 Å². The van der Waals surface area contributed by atoms with Crippen molar-refractivity contribution in [2.45, 2.75) is 6.04 Å². The summed E-state index contributed by atoms with van der Waals surface area (Å²) >= 11 is 1.97. The number of amides is 1. The normalized spacial score (nSPS) is 16.5. The van der Waals surface area contributed by atoms with Crippen LogP contribution in [-0.4, -0.2) is 49.1 Å². The van der Waals surface area contributed by atoms with Crippen LogP contribution in [0.3, 0.4) is 0 Å². The van der Waals surface area contributed by atoms with E-state index in [-0.39, 0.29) is 11.9 Å². The maximum Gasteiger partial charge on any atom is 0.255 e. The molecule has 0 spiro atoms. The number of furan rings is 1. The smallest absolute Gasteiger partial charge is 0.255 e. The van der Waals surface area contributed by atoms with Gasteiger partial charge in [-0.3, -0.25) is 9.69 Å². The van der Waals surface area contributed by atoms with Gasteiger partial charge in [-0.05, 0) is 18.2 Å². The highest BCUT2D eigenvalue weighted by atomic mass is 32.2. The summed E-state index contributed by atoms with van der Waals surface area (Å²) in [4.78, 5) is 15.0. The zero-order chi connectivity index (χ0) is 16.8. The Balaban J connectivity index is 1.70. The molecule has 3 rings (SSSR count). The Morgan fingerprint density at radius 1 is 1.33 bits per heavy atom. The number of benzene rings is 1. The van der Waals surface area contributed by atoms with E-state index in [0.29, 0.717) is 17.9 Å². The van der Waals surface area contributed by atoms with Gasteiger partial charge in [0.15, 0.2) is 0 Å². The van der Waals surface area contributed by atoms with Crippen LogP contribution in [0.5, 0.6) is 5.75 Å². The monoisotopic (exact) mass is 346 g/mol. The lowest BCUT2D eigenvalue weighted by molar-refractivity contribution is 0.0931. The van der Waals surface area contributed by atoms with Crippen LogP contribution in [0.1, 0.15) is 22.0 Å². The van der Waals surface area contributed by atoms with Gasteiger partial charge in [0, 0.05) is 36.7 Å². The van der Waals surface area contributed by atoms with E-state index < -0.39 is 0 Å². The first-order chi connectivity index (χ1) is 11.8. The number of thioether (sulfide) groups is 1. The fraction of sp³-hybridized carbons (Fsp3) is 0.389. The van der Waals surface area contributed by atoms with Gasteiger partial charge in [0.05, 0.1) is 31.2 Å². The van der Waals surface area contributed by atoms with Crippen LogP contribution in [0.2, 0.25) is 0 Å². The Kier molecular flexibility index (Phi) is 5.82. The third kappa shape index (κ3) is 3.94. The quantitative estimate of drug-likeness (QED) is 0.872. The first-order valence-corrected chi connectivity index (χ1v) is 9.20. The number of methoxy groups -OCH3 is 1. The Hall–Kier alpha value is -1.92. The summed E-state index contributed by atoms with van der Waals surface area (Å²) in [6, 6.07) is 9.37. The van der Waals surface area contributed by atoms with Crippen molar-refractivity contribution in [3.8, 4) is 5.75 Å². The minimum Gasteiger partial charge on any atom is -0.496 e. The zero-order valence-electron chi connectivity index (χ0n) is 13.7. The molecule has 1 aliphatic heterocycles. The summed E-state index contributed by atoms with van der Waals surface area (Å²) in [6.07, 6.45) is 3.45. The fourth-order valence-electron chi connectivity index (χ4n) is 2.93. The lowest BCUT2D eigenvalue weighted by atomic mass is 10.1. The molecule has 2 aromatic rings. The standard InChI is InChI=1S/C18H22N2O3S/c1-22-17-5-3-2-4-15(17)18(21)19-12-16(14-6-9-23-13-14)20-7-10-24-11-8-20/h2-6,9,13,16H,7-8,10-12H2,1H3,(H,19,21)/t16-/m0/s1. The van der Waals surface area contributed by atoms with Crippen molar-refractivity contribution < 1.29 is 13.9 Å². The van der Waals surface area contributed by atoms with Crippen molar-refractivity contribution in [1.82, 2.24) is 10.2 Å². The summed E-state index contributed by atoms with van der Waals surface area (Å²) in [5, 5.41) is 3.05. The van der Waals surface area contributed by atoms with Crippen LogP contribution in [0, 0.1) is 0 Å². The second-order valence-corrected chi connectivity index (χ2v) is 6.86. The fourth-order valence-corrected chi connectivity index (χ4v) is 3.86. The third-order valence-electron chi connectivity index (χ3n) is 4.22. The van der Waals surface area contributed by atoms with Crippen molar-refractivity contribution in [1.29, 1.82) is 0 Å². The van der Waals surface area contributed by atoms with E-state index in [1.165, 1.54) is 0 Å². The van der Waals surface area contributed by atoms with Crippen molar-refractivity contribution in [3.63, 3.8) is 0 Å². The second-order valence-electron chi connectivity index (χ2n) is 5.63. The first kappa shape index (κ1) is 16.9. The van der Waals surface area contributed by atoms with Crippen LogP contribution >= 0.6 is 11.8 Å². The number of rotatable bonds is 6. The molecule has 1 amide bonds. The van der Waals surface area contributed by atoms with Crippen molar-refractivity contribution in [2.24, 2.45) is 0 Å². The lowest BCUT2D eigenvalue weighted by Crippen LogP contribution is -2.42. The summed E-state index contributed by atoms with van der Waals surface area (Å²) in [7, 11) is 1.58. The van der Waals surface area contributed by atoms with Crippen LogP contribution in [0.4, 0.5) is 0 Å². The molecule has 1 aromatic heterocycles. The number of carbonyl (C=O) groups excluding carboxylic acids is 1. The summed E-state index contributed by atoms with van der Waals surface area (Å²) in [5.74, 6) is 2.71. The van der Waals surface area contributed by atoms with Gasteiger partial charge in [0.1, 0.15) is 5.75 Å². The summed E-state index contributed by atoms with van der Waals surface area (Å²) < 4.78 is 10.5. The average molecular weight is 346 g/mol. The Labute approximate surface area is 146 Å². The van der Waals surface area contributed by atoms with Crippen molar-refractivity contribution in [3.05, 3.63) is 54.0 Å². The topological polar surface area (TPSA) is 54.7 Å². The molecule has 6 heteroatoms.